The van der Waals surface area contributed by atoms with Crippen LogP contribution in [0.25, 0.3) is 10.9 Å². The van der Waals surface area contributed by atoms with Gasteiger partial charge in [-0.05, 0) is 42.8 Å². The average Bonchev–Trinajstić information content (AvgIpc) is 3.55. The van der Waals surface area contributed by atoms with Gasteiger partial charge >= 0.3 is 10.3 Å². The van der Waals surface area contributed by atoms with E-state index in [4.69, 9.17) is 5.14 Å². The number of nitrogens with two attached hydrogens (primary N) is 1. The number of thiophene rings is 1. The molecule has 0 saturated heterocycles. The summed E-state index contributed by atoms with van der Waals surface area (Å²) in [7, 11) is -4.09. The number of aryl methyl sites for hydroxylation is 1. The lowest BCUT2D eigenvalue weighted by Crippen LogP contribution is -2.24. The van der Waals surface area contributed by atoms with Crippen LogP contribution in [-0.4, -0.2) is 62.8 Å². The van der Waals surface area contributed by atoms with Crippen LogP contribution >= 0.6 is 11.3 Å². The fourth-order valence-corrected chi connectivity index (χ4v) is 5.80. The average molecular weight is 544 g/mol. The van der Waals surface area contributed by atoms with Crippen molar-refractivity contribution in [2.75, 3.05) is 11.9 Å². The number of aliphatic hydroxyl groups is 1. The minimum Gasteiger partial charge on any atom is -0.393 e. The molecule has 1 fully saturated rings. The highest BCUT2D eigenvalue weighted by Crippen LogP contribution is 2.30. The number of pyridine rings is 1. The van der Waals surface area contributed by atoms with E-state index < -0.39 is 22.3 Å². The van der Waals surface area contributed by atoms with Gasteiger partial charge in [0.2, 0.25) is 5.78 Å². The molecule has 0 amide bonds. The molecule has 4 N–H and O–H groups in total. The van der Waals surface area contributed by atoms with Crippen molar-refractivity contribution in [2.45, 2.75) is 38.5 Å². The van der Waals surface area contributed by atoms with Crippen LogP contribution < -0.4 is 10.5 Å². The molecular formula is C23H25N7O5S2. The first-order chi connectivity index (χ1) is 17.7. The highest BCUT2D eigenvalue weighted by atomic mass is 32.2. The summed E-state index contributed by atoms with van der Waals surface area (Å²) in [5.41, 5.74) is 3.08. The van der Waals surface area contributed by atoms with Crippen LogP contribution in [0.15, 0.2) is 42.4 Å². The molecule has 1 aliphatic carbocycles. The molecule has 4 heterocycles. The maximum atomic E-state index is 13.4. The molecule has 5 rings (SSSR count). The van der Waals surface area contributed by atoms with E-state index in [0.717, 1.165) is 22.2 Å². The van der Waals surface area contributed by atoms with Crippen LogP contribution in [-0.2, 0) is 21.0 Å². The number of nitrogens with one attached hydrogen (secondary N) is 1. The highest BCUT2D eigenvalue weighted by molar-refractivity contribution is 7.84. The van der Waals surface area contributed by atoms with Gasteiger partial charge in [-0.2, -0.15) is 13.5 Å². The number of rotatable bonds is 9. The number of hydrogen-bond donors (Lipinski definition) is 3. The molecule has 0 bridgehead atoms. The smallest absolute Gasteiger partial charge is 0.333 e. The standard InChI is InChI=1S/C23H25N7O5S2/c1-13-17-2-3-25-8-19(17)30(29-13)9-14-4-21(36-11-14)22(32)18-7-26-12-27-23(18)28-16-5-15(20(31)6-16)10-35-37(24,33)34/h2-4,7-8,11-12,15-16,20,31H,5-6,9-10H2,1H3,(H2,24,33,34)(H,26,27,28)/t15-,16-,20+/m1/s1. The summed E-state index contributed by atoms with van der Waals surface area (Å²) in [6.45, 7) is 2.23. The molecule has 194 valence electrons. The van der Waals surface area contributed by atoms with E-state index in [1.165, 1.54) is 23.9 Å². The van der Waals surface area contributed by atoms with Crippen molar-refractivity contribution in [3.05, 3.63) is 64.1 Å². The number of nitrogens with zero attached hydrogens (tertiary/aromatic N) is 5. The van der Waals surface area contributed by atoms with Gasteiger partial charge in [0.1, 0.15) is 12.1 Å². The van der Waals surface area contributed by atoms with Crippen molar-refractivity contribution < 1.29 is 22.5 Å². The fraction of sp³-hybridized carbons (Fsp3) is 0.348. The Morgan fingerprint density at radius 2 is 2.16 bits per heavy atom. The molecule has 0 aliphatic heterocycles. The van der Waals surface area contributed by atoms with Crippen LogP contribution in [0.4, 0.5) is 5.82 Å². The maximum absolute atomic E-state index is 13.4. The van der Waals surface area contributed by atoms with Gasteiger partial charge < -0.3 is 10.4 Å². The molecular weight excluding hydrogens is 518 g/mol. The Morgan fingerprint density at radius 1 is 1.32 bits per heavy atom. The monoisotopic (exact) mass is 543 g/mol. The van der Waals surface area contributed by atoms with Gasteiger partial charge in [0.25, 0.3) is 0 Å². The lowest BCUT2D eigenvalue weighted by atomic mass is 10.1. The summed E-state index contributed by atoms with van der Waals surface area (Å²) in [5, 5.41) is 26.0. The molecule has 0 radical (unpaired) electrons. The lowest BCUT2D eigenvalue weighted by molar-refractivity contribution is 0.101. The molecule has 14 heteroatoms. The summed E-state index contributed by atoms with van der Waals surface area (Å²) in [4.78, 5) is 26.4. The Labute approximate surface area is 216 Å². The third-order valence-corrected chi connectivity index (χ3v) is 7.79. The minimum atomic E-state index is -4.09. The topological polar surface area (TPSA) is 175 Å². The molecule has 4 aromatic heterocycles. The summed E-state index contributed by atoms with van der Waals surface area (Å²) >= 11 is 1.33. The molecule has 0 spiro atoms. The summed E-state index contributed by atoms with van der Waals surface area (Å²) in [6, 6.07) is 3.52. The molecule has 1 aliphatic rings. The van der Waals surface area contributed by atoms with Crippen molar-refractivity contribution in [2.24, 2.45) is 11.1 Å². The maximum Gasteiger partial charge on any atom is 0.333 e. The Bertz CT molecular complexity index is 1550. The highest BCUT2D eigenvalue weighted by Gasteiger charge is 2.34. The summed E-state index contributed by atoms with van der Waals surface area (Å²) in [6.07, 6.45) is 6.29. The van der Waals surface area contributed by atoms with Crippen LogP contribution in [0.1, 0.15) is 39.3 Å². The predicted molar refractivity (Wildman–Crippen MR) is 136 cm³/mol. The van der Waals surface area contributed by atoms with Gasteiger partial charge in [-0.25, -0.2) is 15.1 Å². The molecule has 12 nitrogen and oxygen atoms in total. The zero-order valence-electron chi connectivity index (χ0n) is 19.8. The molecule has 1 saturated carbocycles. The van der Waals surface area contributed by atoms with E-state index in [1.54, 1.807) is 12.4 Å². The molecule has 0 unspecified atom stereocenters. The van der Waals surface area contributed by atoms with Gasteiger partial charge in [-0.15, -0.1) is 11.3 Å². The number of aliphatic hydroxyl groups excluding tert-OH is 1. The number of hydrogen-bond acceptors (Lipinski definition) is 11. The van der Waals surface area contributed by atoms with E-state index in [-0.39, 0.29) is 18.4 Å². The Kier molecular flexibility index (Phi) is 7.00. The largest absolute Gasteiger partial charge is 0.393 e. The fourth-order valence-electron chi connectivity index (χ4n) is 4.58. The van der Waals surface area contributed by atoms with Gasteiger partial charge in [0, 0.05) is 29.7 Å². The second kappa shape index (κ2) is 10.2. The Morgan fingerprint density at radius 3 is 2.97 bits per heavy atom. The minimum absolute atomic E-state index is 0.215. The lowest BCUT2D eigenvalue weighted by Gasteiger charge is -2.15. The zero-order chi connectivity index (χ0) is 26.2. The van der Waals surface area contributed by atoms with Gasteiger partial charge in [-0.3, -0.25) is 18.6 Å². The first kappa shape index (κ1) is 25.4. The Balaban J connectivity index is 1.29. The number of carbonyl (C=O) groups is 1. The first-order valence-corrected chi connectivity index (χ1v) is 13.8. The SMILES string of the molecule is Cc1nn(Cc2csc(C(=O)c3cncnc3N[C@@H]3C[C@H](COS(N)(=O)=O)[C@@H](O)C3)c2)c2cnccc12. The quantitative estimate of drug-likeness (QED) is 0.263. The predicted octanol–water partition coefficient (Wildman–Crippen LogP) is 1.64. The number of fused-ring (bicyclic) bond motifs is 1. The molecule has 3 atom stereocenters. The van der Waals surface area contributed by atoms with Crippen molar-refractivity contribution in [1.29, 1.82) is 0 Å². The Hall–Kier alpha value is -3.30. The summed E-state index contributed by atoms with van der Waals surface area (Å²) in [5.74, 6) is -0.302. The third kappa shape index (κ3) is 5.67. The molecule has 37 heavy (non-hydrogen) atoms. The van der Waals surface area contributed by atoms with E-state index >= 15 is 0 Å². The van der Waals surface area contributed by atoms with Gasteiger partial charge in [0.05, 0.1) is 47.1 Å². The number of aromatic nitrogens is 5. The zero-order valence-corrected chi connectivity index (χ0v) is 21.4. The number of ketones is 1. The van der Waals surface area contributed by atoms with Crippen LogP contribution in [0, 0.1) is 12.8 Å². The van der Waals surface area contributed by atoms with Crippen molar-refractivity contribution in [3.63, 3.8) is 0 Å². The van der Waals surface area contributed by atoms with E-state index in [1.807, 2.05) is 29.1 Å². The summed E-state index contributed by atoms with van der Waals surface area (Å²) < 4.78 is 28.7. The van der Waals surface area contributed by atoms with Crippen LogP contribution in [0.3, 0.4) is 0 Å². The first-order valence-electron chi connectivity index (χ1n) is 11.5. The van der Waals surface area contributed by atoms with Crippen molar-refractivity contribution in [3.8, 4) is 0 Å². The van der Waals surface area contributed by atoms with Gasteiger partial charge in [-0.1, -0.05) is 0 Å². The van der Waals surface area contributed by atoms with E-state index in [9.17, 15) is 18.3 Å². The van der Waals surface area contributed by atoms with Gasteiger partial charge in [0.15, 0.2) is 0 Å². The number of anilines is 1. The third-order valence-electron chi connectivity index (χ3n) is 6.35. The van der Waals surface area contributed by atoms with E-state index in [0.29, 0.717) is 35.6 Å². The molecule has 4 aromatic rings. The van der Waals surface area contributed by atoms with Crippen LogP contribution in [0.2, 0.25) is 0 Å². The molecule has 0 aromatic carbocycles. The number of carbonyl (C=O) groups excluding carboxylic acids is 1. The van der Waals surface area contributed by atoms with Crippen LogP contribution in [0.5, 0.6) is 0 Å². The van der Waals surface area contributed by atoms with E-state index in [2.05, 4.69) is 29.6 Å². The second-order valence-corrected chi connectivity index (χ2v) is 11.1. The second-order valence-electron chi connectivity index (χ2n) is 8.99. The normalized spacial score (nSPS) is 19.9. The van der Waals surface area contributed by atoms with Crippen molar-refractivity contribution in [1.82, 2.24) is 24.7 Å². The van der Waals surface area contributed by atoms with Crippen molar-refractivity contribution >= 4 is 44.1 Å².